The minimum Gasteiger partial charge on any atom is -0.768 e. The van der Waals surface area contributed by atoms with Crippen LogP contribution in [0.4, 0.5) is 0 Å². The van der Waals surface area contributed by atoms with Gasteiger partial charge in [-0.2, -0.15) is 0 Å². The van der Waals surface area contributed by atoms with E-state index in [4.69, 9.17) is 0 Å². The Kier molecular flexibility index (Phi) is 5.50. The van der Waals surface area contributed by atoms with Crippen LogP contribution in [0, 0.1) is 0 Å². The molecule has 0 bridgehead atoms. The van der Waals surface area contributed by atoms with Crippen LogP contribution in [-0.2, 0) is 11.1 Å². The molecule has 4 heteroatoms. The van der Waals surface area contributed by atoms with Gasteiger partial charge in [0.15, 0.2) is 0 Å². The molecule has 1 aromatic rings. The zero-order valence-electron chi connectivity index (χ0n) is 8.94. The molecule has 0 aliphatic heterocycles. The molecule has 1 atom stereocenters. The molecular weight excluding hydrogens is 219 g/mol. The summed E-state index contributed by atoms with van der Waals surface area (Å²) in [7, 11) is 0. The Bertz CT molecular complexity index is 331. The van der Waals surface area contributed by atoms with Crippen LogP contribution in [0.5, 0.6) is 0 Å². The van der Waals surface area contributed by atoms with Gasteiger partial charge in [0.25, 0.3) is 0 Å². The van der Waals surface area contributed by atoms with Gasteiger partial charge in [-0.25, -0.2) is 0 Å². The summed E-state index contributed by atoms with van der Waals surface area (Å²) in [6.45, 7) is 0. The van der Waals surface area contributed by atoms with Gasteiger partial charge >= 0.3 is 29.6 Å². The summed E-state index contributed by atoms with van der Waals surface area (Å²) in [5.41, 5.74) is 1.29. The molecule has 1 unspecified atom stereocenters. The van der Waals surface area contributed by atoms with Gasteiger partial charge in [-0.15, -0.1) is 0 Å². The molecule has 1 aliphatic rings. The van der Waals surface area contributed by atoms with Crippen molar-refractivity contribution in [1.82, 2.24) is 0 Å². The standard InChI is InChI=1S/C11H14O2S.Na/c12-14(13)11-7-5-10(6-8-11)9-3-1-2-4-9;/h5-9H,1-4H2,(H,12,13);/q;+1/p-1. The van der Waals surface area contributed by atoms with Gasteiger partial charge in [-0.3, -0.25) is 4.21 Å². The molecule has 0 saturated heterocycles. The summed E-state index contributed by atoms with van der Waals surface area (Å²) < 4.78 is 21.3. The summed E-state index contributed by atoms with van der Waals surface area (Å²) in [5, 5.41) is 0. The first-order chi connectivity index (χ1) is 6.77. The molecule has 76 valence electrons. The van der Waals surface area contributed by atoms with Crippen LogP contribution in [0.3, 0.4) is 0 Å². The van der Waals surface area contributed by atoms with Crippen molar-refractivity contribution in [2.45, 2.75) is 36.5 Å². The smallest absolute Gasteiger partial charge is 0.768 e. The van der Waals surface area contributed by atoms with Crippen molar-refractivity contribution in [1.29, 1.82) is 0 Å². The van der Waals surface area contributed by atoms with Crippen LogP contribution in [0.15, 0.2) is 29.2 Å². The molecule has 2 nitrogen and oxygen atoms in total. The van der Waals surface area contributed by atoms with E-state index >= 15 is 0 Å². The summed E-state index contributed by atoms with van der Waals surface area (Å²) in [4.78, 5) is 0.381. The quantitative estimate of drug-likeness (QED) is 0.513. The average Bonchev–Trinajstić information content (AvgIpc) is 2.71. The van der Waals surface area contributed by atoms with E-state index in [-0.39, 0.29) is 29.6 Å². The maximum Gasteiger partial charge on any atom is 1.00 e. The van der Waals surface area contributed by atoms with E-state index in [9.17, 15) is 8.76 Å². The molecule has 0 radical (unpaired) electrons. The maximum absolute atomic E-state index is 10.6. The summed E-state index contributed by atoms with van der Waals surface area (Å²) in [5.74, 6) is 0.657. The van der Waals surface area contributed by atoms with Crippen molar-refractivity contribution >= 4 is 11.1 Å². The fraction of sp³-hybridized carbons (Fsp3) is 0.455. The molecule has 1 fully saturated rings. The van der Waals surface area contributed by atoms with E-state index in [1.54, 1.807) is 12.1 Å². The van der Waals surface area contributed by atoms with Crippen LogP contribution in [-0.4, -0.2) is 8.76 Å². The number of rotatable bonds is 2. The topological polar surface area (TPSA) is 40.1 Å². The van der Waals surface area contributed by atoms with Gasteiger partial charge in [0.05, 0.1) is 0 Å². The molecule has 0 N–H and O–H groups in total. The zero-order valence-corrected chi connectivity index (χ0v) is 11.8. The van der Waals surface area contributed by atoms with Crippen LogP contribution in [0.25, 0.3) is 0 Å². The van der Waals surface area contributed by atoms with Crippen LogP contribution in [0.2, 0.25) is 0 Å². The molecule has 0 spiro atoms. The Balaban J connectivity index is 0.00000112. The Morgan fingerprint density at radius 2 is 1.67 bits per heavy atom. The van der Waals surface area contributed by atoms with E-state index < -0.39 is 11.1 Å². The van der Waals surface area contributed by atoms with E-state index in [0.29, 0.717) is 10.8 Å². The number of hydrogen-bond acceptors (Lipinski definition) is 2. The summed E-state index contributed by atoms with van der Waals surface area (Å²) >= 11 is -2.09. The van der Waals surface area contributed by atoms with E-state index in [1.807, 2.05) is 12.1 Å². The molecule has 15 heavy (non-hydrogen) atoms. The van der Waals surface area contributed by atoms with Crippen molar-refractivity contribution in [3.8, 4) is 0 Å². The second-order valence-corrected chi connectivity index (χ2v) is 4.73. The molecule has 0 amide bonds. The fourth-order valence-corrected chi connectivity index (χ4v) is 2.47. The van der Waals surface area contributed by atoms with Gasteiger partial charge < -0.3 is 4.55 Å². The van der Waals surface area contributed by atoms with Crippen LogP contribution < -0.4 is 29.6 Å². The molecular formula is C11H13NaO2S. The monoisotopic (exact) mass is 232 g/mol. The third-order valence-corrected chi connectivity index (χ3v) is 3.56. The predicted octanol–water partition coefficient (Wildman–Crippen LogP) is -0.414. The predicted molar refractivity (Wildman–Crippen MR) is 54.8 cm³/mol. The SMILES string of the molecule is O=S([O-])c1ccc(C2CCCC2)cc1.[Na+]. The zero-order chi connectivity index (χ0) is 9.97. The Hall–Kier alpha value is 0.330. The molecule has 2 rings (SSSR count). The Morgan fingerprint density at radius 1 is 1.13 bits per heavy atom. The Morgan fingerprint density at radius 3 is 2.13 bits per heavy atom. The van der Waals surface area contributed by atoms with Crippen molar-refractivity contribution < 1.29 is 38.3 Å². The fourth-order valence-electron chi connectivity index (χ4n) is 2.11. The van der Waals surface area contributed by atoms with E-state index in [1.165, 1.54) is 31.2 Å². The maximum atomic E-state index is 10.6. The van der Waals surface area contributed by atoms with Gasteiger partial charge in [0, 0.05) is 4.90 Å². The van der Waals surface area contributed by atoms with Crippen molar-refractivity contribution in [2.75, 3.05) is 0 Å². The molecule has 0 aromatic heterocycles. The molecule has 1 aromatic carbocycles. The molecule has 1 aliphatic carbocycles. The van der Waals surface area contributed by atoms with Crippen LogP contribution in [0.1, 0.15) is 37.2 Å². The van der Waals surface area contributed by atoms with Crippen LogP contribution >= 0.6 is 0 Å². The molecule has 0 heterocycles. The molecule has 1 saturated carbocycles. The minimum absolute atomic E-state index is 0. The normalized spacial score (nSPS) is 18.5. The van der Waals surface area contributed by atoms with Crippen molar-refractivity contribution in [3.05, 3.63) is 29.8 Å². The van der Waals surface area contributed by atoms with Crippen molar-refractivity contribution in [3.63, 3.8) is 0 Å². The second kappa shape index (κ2) is 6.16. The van der Waals surface area contributed by atoms with Gasteiger partial charge in [-0.1, -0.05) is 25.0 Å². The number of benzene rings is 1. The third-order valence-electron chi connectivity index (χ3n) is 2.90. The van der Waals surface area contributed by atoms with Gasteiger partial charge in [0.1, 0.15) is 0 Å². The second-order valence-electron chi connectivity index (χ2n) is 3.79. The van der Waals surface area contributed by atoms with Gasteiger partial charge in [0.2, 0.25) is 0 Å². The largest absolute Gasteiger partial charge is 1.00 e. The average molecular weight is 232 g/mol. The van der Waals surface area contributed by atoms with E-state index in [2.05, 4.69) is 0 Å². The third kappa shape index (κ3) is 3.40. The minimum atomic E-state index is -2.09. The first-order valence-corrected chi connectivity index (χ1v) is 6.04. The first-order valence-electron chi connectivity index (χ1n) is 4.96. The summed E-state index contributed by atoms with van der Waals surface area (Å²) in [6, 6.07) is 7.27. The number of hydrogen-bond donors (Lipinski definition) is 0. The van der Waals surface area contributed by atoms with Gasteiger partial charge in [-0.05, 0) is 47.5 Å². The first kappa shape index (κ1) is 13.4. The Labute approximate surface area is 115 Å². The van der Waals surface area contributed by atoms with Crippen molar-refractivity contribution in [2.24, 2.45) is 0 Å². The summed E-state index contributed by atoms with van der Waals surface area (Å²) in [6.07, 6.45) is 5.11. The van der Waals surface area contributed by atoms with E-state index in [0.717, 1.165) is 0 Å².